The molecule has 2 fully saturated rings. The summed E-state index contributed by atoms with van der Waals surface area (Å²) in [5, 5.41) is 0. The Morgan fingerprint density at radius 2 is 2.00 bits per heavy atom. The Hall–Kier alpha value is -0.710. The van der Waals surface area contributed by atoms with Crippen molar-refractivity contribution in [1.82, 2.24) is 4.90 Å². The lowest BCUT2D eigenvalue weighted by atomic mass is 9.78. The Kier molecular flexibility index (Phi) is 4.99. The molecule has 1 saturated carbocycles. The fourth-order valence-electron chi connectivity index (χ4n) is 3.65. The molecule has 112 valence electrons. The van der Waals surface area contributed by atoms with Crippen LogP contribution in [0.15, 0.2) is 18.2 Å². The molecule has 1 aromatic rings. The topological polar surface area (TPSA) is 29.3 Å². The first-order valence-electron chi connectivity index (χ1n) is 7.06. The number of rotatable bonds is 2. The molecule has 3 unspecified atom stereocenters. The summed E-state index contributed by atoms with van der Waals surface area (Å²) in [5.41, 5.74) is 6.62. The number of likely N-dealkylation sites (tertiary alicyclic amines) is 1. The van der Waals surface area contributed by atoms with Gasteiger partial charge in [-0.2, -0.15) is 0 Å². The van der Waals surface area contributed by atoms with E-state index in [9.17, 15) is 8.78 Å². The molecule has 0 radical (unpaired) electrons. The van der Waals surface area contributed by atoms with E-state index in [4.69, 9.17) is 5.73 Å². The highest BCUT2D eigenvalue weighted by molar-refractivity contribution is 5.85. The van der Waals surface area contributed by atoms with Gasteiger partial charge in [0.2, 0.25) is 0 Å². The predicted octanol–water partition coefficient (Wildman–Crippen LogP) is 2.95. The second-order valence-corrected chi connectivity index (χ2v) is 5.93. The molecule has 0 spiro atoms. The van der Waals surface area contributed by atoms with E-state index < -0.39 is 11.6 Å². The number of nitrogens with two attached hydrogens (primary N) is 1. The predicted molar refractivity (Wildman–Crippen MR) is 77.7 cm³/mol. The van der Waals surface area contributed by atoms with Crippen LogP contribution < -0.4 is 5.73 Å². The molecule has 1 aliphatic carbocycles. The lowest BCUT2D eigenvalue weighted by Gasteiger charge is -2.29. The van der Waals surface area contributed by atoms with Crippen molar-refractivity contribution in [2.45, 2.75) is 31.8 Å². The van der Waals surface area contributed by atoms with Gasteiger partial charge in [0.25, 0.3) is 0 Å². The second-order valence-electron chi connectivity index (χ2n) is 5.93. The van der Waals surface area contributed by atoms with Gasteiger partial charge in [-0.1, -0.05) is 18.6 Å². The molecule has 1 aliphatic heterocycles. The minimum atomic E-state index is -0.759. The van der Waals surface area contributed by atoms with Crippen LogP contribution in [0.3, 0.4) is 0 Å². The van der Waals surface area contributed by atoms with Crippen LogP contribution in [0.1, 0.15) is 24.8 Å². The van der Waals surface area contributed by atoms with E-state index in [1.807, 2.05) is 0 Å². The highest BCUT2D eigenvalue weighted by atomic mass is 35.5. The fraction of sp³-hybridized carbons (Fsp3) is 0.600. The molecule has 0 aromatic heterocycles. The molecule has 2 nitrogen and oxygen atoms in total. The van der Waals surface area contributed by atoms with E-state index in [1.54, 1.807) is 12.1 Å². The monoisotopic (exact) mass is 302 g/mol. The van der Waals surface area contributed by atoms with Gasteiger partial charge in [0, 0.05) is 31.2 Å². The molecular formula is C15H21ClF2N2. The van der Waals surface area contributed by atoms with Crippen LogP contribution in [-0.2, 0) is 6.54 Å². The van der Waals surface area contributed by atoms with E-state index in [2.05, 4.69) is 4.90 Å². The Morgan fingerprint density at radius 3 is 2.75 bits per heavy atom. The molecule has 0 bridgehead atoms. The van der Waals surface area contributed by atoms with Crippen LogP contribution in [0.5, 0.6) is 0 Å². The average Bonchev–Trinajstić information content (AvgIpc) is 2.79. The van der Waals surface area contributed by atoms with Crippen LogP contribution >= 0.6 is 12.4 Å². The number of nitrogens with zero attached hydrogens (tertiary/aromatic N) is 1. The van der Waals surface area contributed by atoms with Crippen LogP contribution in [0.4, 0.5) is 8.78 Å². The quantitative estimate of drug-likeness (QED) is 0.910. The van der Waals surface area contributed by atoms with Gasteiger partial charge < -0.3 is 5.73 Å². The number of hydrogen-bond donors (Lipinski definition) is 1. The van der Waals surface area contributed by atoms with E-state index in [0.717, 1.165) is 19.5 Å². The Bertz CT molecular complexity index is 469. The van der Waals surface area contributed by atoms with Crippen molar-refractivity contribution in [3.63, 3.8) is 0 Å². The van der Waals surface area contributed by atoms with Gasteiger partial charge >= 0.3 is 0 Å². The van der Waals surface area contributed by atoms with Crippen molar-refractivity contribution >= 4 is 12.4 Å². The van der Waals surface area contributed by atoms with Crippen molar-refractivity contribution in [3.8, 4) is 0 Å². The summed E-state index contributed by atoms with van der Waals surface area (Å²) in [7, 11) is 0. The summed E-state index contributed by atoms with van der Waals surface area (Å²) in [6.07, 6.45) is 3.52. The first-order valence-corrected chi connectivity index (χ1v) is 7.06. The third-order valence-corrected chi connectivity index (χ3v) is 4.66. The standard InChI is InChI=1S/C15H20F2N2.ClH/c16-13-5-1-4-11(15(13)17)8-19-7-10-3-2-6-14(18)12(10)9-19;/h1,4-5,10,12,14H,2-3,6-9,18H2;1H. The lowest BCUT2D eigenvalue weighted by molar-refractivity contribution is 0.259. The van der Waals surface area contributed by atoms with Gasteiger partial charge in [-0.15, -0.1) is 12.4 Å². The van der Waals surface area contributed by atoms with Crippen LogP contribution in [0.25, 0.3) is 0 Å². The molecule has 3 rings (SSSR count). The maximum absolute atomic E-state index is 13.7. The first-order chi connectivity index (χ1) is 9.15. The molecular weight excluding hydrogens is 282 g/mol. The van der Waals surface area contributed by atoms with Crippen molar-refractivity contribution in [3.05, 3.63) is 35.4 Å². The zero-order chi connectivity index (χ0) is 13.4. The summed E-state index contributed by atoms with van der Waals surface area (Å²) in [6, 6.07) is 4.68. The van der Waals surface area contributed by atoms with Gasteiger partial charge in [-0.05, 0) is 30.7 Å². The summed E-state index contributed by atoms with van der Waals surface area (Å²) in [6.45, 7) is 2.37. The third kappa shape index (κ3) is 2.97. The minimum absolute atomic E-state index is 0. The van der Waals surface area contributed by atoms with Gasteiger partial charge in [0.05, 0.1) is 0 Å². The maximum Gasteiger partial charge on any atom is 0.163 e. The highest BCUT2D eigenvalue weighted by Gasteiger charge is 2.38. The Morgan fingerprint density at radius 1 is 1.20 bits per heavy atom. The smallest absolute Gasteiger partial charge is 0.163 e. The molecule has 2 aliphatic rings. The van der Waals surface area contributed by atoms with Crippen molar-refractivity contribution in [2.75, 3.05) is 13.1 Å². The fourth-order valence-corrected chi connectivity index (χ4v) is 3.65. The molecule has 3 atom stereocenters. The molecule has 0 amide bonds. The van der Waals surface area contributed by atoms with Gasteiger partial charge in [-0.3, -0.25) is 4.90 Å². The number of halogens is 3. The zero-order valence-corrected chi connectivity index (χ0v) is 12.2. The van der Waals surface area contributed by atoms with Crippen LogP contribution in [0.2, 0.25) is 0 Å². The molecule has 1 heterocycles. The number of fused-ring (bicyclic) bond motifs is 1. The van der Waals surface area contributed by atoms with Crippen LogP contribution in [-0.4, -0.2) is 24.0 Å². The number of hydrogen-bond acceptors (Lipinski definition) is 2. The van der Waals surface area contributed by atoms with E-state index in [-0.39, 0.29) is 18.4 Å². The van der Waals surface area contributed by atoms with Crippen molar-refractivity contribution in [1.29, 1.82) is 0 Å². The van der Waals surface area contributed by atoms with Gasteiger partial charge in [0.1, 0.15) is 0 Å². The Labute approximate surface area is 124 Å². The zero-order valence-electron chi connectivity index (χ0n) is 11.4. The maximum atomic E-state index is 13.7. The van der Waals surface area contributed by atoms with E-state index >= 15 is 0 Å². The molecule has 20 heavy (non-hydrogen) atoms. The highest BCUT2D eigenvalue weighted by Crippen LogP contribution is 2.36. The van der Waals surface area contributed by atoms with E-state index in [0.29, 0.717) is 23.9 Å². The summed E-state index contributed by atoms with van der Waals surface area (Å²) in [5.74, 6) is -0.293. The SMILES string of the molecule is Cl.NC1CCCC2CN(Cc3cccc(F)c3F)CC12. The van der Waals surface area contributed by atoms with Crippen molar-refractivity contribution < 1.29 is 8.78 Å². The van der Waals surface area contributed by atoms with Gasteiger partial charge in [-0.25, -0.2) is 8.78 Å². The molecule has 2 N–H and O–H groups in total. The van der Waals surface area contributed by atoms with Crippen molar-refractivity contribution in [2.24, 2.45) is 17.6 Å². The largest absolute Gasteiger partial charge is 0.327 e. The summed E-state index contributed by atoms with van der Waals surface area (Å²) < 4.78 is 26.9. The molecule has 5 heteroatoms. The minimum Gasteiger partial charge on any atom is -0.327 e. The molecule has 1 aromatic carbocycles. The summed E-state index contributed by atoms with van der Waals surface area (Å²) >= 11 is 0. The normalized spacial score (nSPS) is 29.9. The van der Waals surface area contributed by atoms with E-state index in [1.165, 1.54) is 18.9 Å². The number of benzene rings is 1. The first kappa shape index (κ1) is 15.7. The lowest BCUT2D eigenvalue weighted by Crippen LogP contribution is -2.38. The Balaban J connectivity index is 0.00000147. The van der Waals surface area contributed by atoms with Gasteiger partial charge in [0.15, 0.2) is 11.6 Å². The average molecular weight is 303 g/mol. The molecule has 1 saturated heterocycles. The summed E-state index contributed by atoms with van der Waals surface area (Å²) in [4.78, 5) is 2.22. The second kappa shape index (κ2) is 6.37. The van der Waals surface area contributed by atoms with Crippen LogP contribution in [0, 0.1) is 23.5 Å². The third-order valence-electron chi connectivity index (χ3n) is 4.66.